The zero-order valence-corrected chi connectivity index (χ0v) is 12.3. The molecule has 2 aromatic rings. The summed E-state index contributed by atoms with van der Waals surface area (Å²) in [7, 11) is 0. The number of hydrogen-bond donors (Lipinski definition) is 1. The largest absolute Gasteiger partial charge is 0.312 e. The molecule has 1 aromatic heterocycles. The highest BCUT2D eigenvalue weighted by Crippen LogP contribution is 2.42. The van der Waals surface area contributed by atoms with Crippen molar-refractivity contribution in [3.63, 3.8) is 0 Å². The van der Waals surface area contributed by atoms with Crippen LogP contribution in [-0.4, -0.2) is 16.5 Å². The maximum absolute atomic E-state index is 13.2. The Morgan fingerprint density at radius 2 is 2.10 bits per heavy atom. The van der Waals surface area contributed by atoms with Crippen molar-refractivity contribution in [2.75, 3.05) is 6.54 Å². The lowest BCUT2D eigenvalue weighted by Gasteiger charge is -2.20. The van der Waals surface area contributed by atoms with Gasteiger partial charge in [-0.15, -0.1) is 0 Å². The molecule has 1 aromatic carbocycles. The van der Waals surface area contributed by atoms with Crippen molar-refractivity contribution in [1.29, 1.82) is 0 Å². The summed E-state index contributed by atoms with van der Waals surface area (Å²) in [5.41, 5.74) is 4.23. The first-order valence-corrected chi connectivity index (χ1v) is 7.66. The van der Waals surface area contributed by atoms with E-state index in [2.05, 4.69) is 10.3 Å². The van der Waals surface area contributed by atoms with E-state index < -0.39 is 0 Å². The lowest BCUT2D eigenvalue weighted by molar-refractivity contribution is 0.617. The number of aromatic nitrogens is 2. The Morgan fingerprint density at radius 1 is 1.24 bits per heavy atom. The normalized spacial score (nSPS) is 17.6. The number of fused-ring (bicyclic) bond motifs is 1. The van der Waals surface area contributed by atoms with E-state index in [1.165, 1.54) is 30.5 Å². The summed E-state index contributed by atoms with van der Waals surface area (Å²) in [6.45, 7) is 1.78. The van der Waals surface area contributed by atoms with Crippen LogP contribution in [0.4, 0.5) is 4.39 Å². The van der Waals surface area contributed by atoms with Gasteiger partial charge in [-0.2, -0.15) is 0 Å². The van der Waals surface area contributed by atoms with E-state index in [1.54, 1.807) is 6.07 Å². The van der Waals surface area contributed by atoms with Gasteiger partial charge in [0.05, 0.1) is 16.4 Å². The SMILES string of the molecule is Fc1ccc(-c2nc3c(c(C4CC4)n2)CNCC3)c(Cl)c1. The molecule has 0 unspecified atom stereocenters. The average Bonchev–Trinajstić information content (AvgIpc) is 3.30. The molecular weight excluding hydrogens is 289 g/mol. The second kappa shape index (κ2) is 5.04. The number of halogens is 2. The van der Waals surface area contributed by atoms with Crippen molar-refractivity contribution in [2.45, 2.75) is 31.7 Å². The molecule has 1 fully saturated rings. The second-order valence-corrected chi connectivity index (χ2v) is 6.09. The molecule has 3 nitrogen and oxygen atoms in total. The Bertz CT molecular complexity index is 713. The molecule has 2 heterocycles. The molecule has 2 aliphatic rings. The smallest absolute Gasteiger partial charge is 0.161 e. The van der Waals surface area contributed by atoms with E-state index in [1.807, 2.05) is 0 Å². The number of hydrogen-bond acceptors (Lipinski definition) is 3. The molecule has 1 N–H and O–H groups in total. The lowest BCUT2D eigenvalue weighted by atomic mass is 10.0. The van der Waals surface area contributed by atoms with Crippen molar-refractivity contribution in [3.05, 3.63) is 46.0 Å². The summed E-state index contributed by atoms with van der Waals surface area (Å²) in [5.74, 6) is 0.843. The third-order valence-corrected chi connectivity index (χ3v) is 4.41. The number of nitrogens with one attached hydrogen (secondary N) is 1. The van der Waals surface area contributed by atoms with Crippen LogP contribution in [-0.2, 0) is 13.0 Å². The number of nitrogens with zero attached hydrogens (tertiary/aromatic N) is 2. The van der Waals surface area contributed by atoms with Crippen LogP contribution in [0.1, 0.15) is 35.7 Å². The van der Waals surface area contributed by atoms with Crippen LogP contribution in [0.2, 0.25) is 5.02 Å². The predicted octanol–water partition coefficient (Wildman–Crippen LogP) is 3.46. The molecule has 21 heavy (non-hydrogen) atoms. The van der Waals surface area contributed by atoms with Gasteiger partial charge >= 0.3 is 0 Å². The quantitative estimate of drug-likeness (QED) is 0.923. The van der Waals surface area contributed by atoms with E-state index in [0.29, 0.717) is 22.3 Å². The van der Waals surface area contributed by atoms with Gasteiger partial charge in [-0.05, 0) is 31.0 Å². The van der Waals surface area contributed by atoms with Crippen molar-refractivity contribution in [2.24, 2.45) is 0 Å². The summed E-state index contributed by atoms with van der Waals surface area (Å²) in [6, 6.07) is 4.39. The van der Waals surface area contributed by atoms with E-state index in [0.717, 1.165) is 30.9 Å². The fraction of sp³-hybridized carbons (Fsp3) is 0.375. The van der Waals surface area contributed by atoms with Gasteiger partial charge in [0.2, 0.25) is 0 Å². The highest BCUT2D eigenvalue weighted by Gasteiger charge is 2.31. The summed E-state index contributed by atoms with van der Waals surface area (Å²) in [6.07, 6.45) is 3.30. The first-order chi connectivity index (χ1) is 10.2. The van der Waals surface area contributed by atoms with Crippen molar-refractivity contribution < 1.29 is 4.39 Å². The van der Waals surface area contributed by atoms with E-state index in [9.17, 15) is 4.39 Å². The minimum atomic E-state index is -0.340. The molecule has 0 saturated heterocycles. The minimum absolute atomic E-state index is 0.340. The zero-order valence-electron chi connectivity index (χ0n) is 11.5. The number of benzene rings is 1. The van der Waals surface area contributed by atoms with Gasteiger partial charge < -0.3 is 5.32 Å². The van der Waals surface area contributed by atoms with Crippen LogP contribution >= 0.6 is 11.6 Å². The molecule has 1 aliphatic carbocycles. The summed E-state index contributed by atoms with van der Waals surface area (Å²) >= 11 is 6.16. The van der Waals surface area contributed by atoms with Gasteiger partial charge in [-0.25, -0.2) is 14.4 Å². The Kier molecular flexibility index (Phi) is 3.16. The summed E-state index contributed by atoms with van der Waals surface area (Å²) in [5, 5.41) is 3.75. The fourth-order valence-corrected chi connectivity index (χ4v) is 3.11. The van der Waals surface area contributed by atoms with Crippen LogP contribution in [0.25, 0.3) is 11.4 Å². The van der Waals surface area contributed by atoms with E-state index in [4.69, 9.17) is 16.6 Å². The zero-order chi connectivity index (χ0) is 14.4. The van der Waals surface area contributed by atoms with Crippen LogP contribution in [0.3, 0.4) is 0 Å². The summed E-state index contributed by atoms with van der Waals surface area (Å²) in [4.78, 5) is 9.44. The molecule has 4 rings (SSSR count). The van der Waals surface area contributed by atoms with Gasteiger partial charge in [0, 0.05) is 36.6 Å². The van der Waals surface area contributed by atoms with Crippen LogP contribution < -0.4 is 5.32 Å². The average molecular weight is 304 g/mol. The Morgan fingerprint density at radius 3 is 2.86 bits per heavy atom. The highest BCUT2D eigenvalue weighted by atomic mass is 35.5. The van der Waals surface area contributed by atoms with E-state index in [-0.39, 0.29) is 5.82 Å². The molecule has 5 heteroatoms. The molecule has 0 bridgehead atoms. The lowest BCUT2D eigenvalue weighted by Crippen LogP contribution is -2.26. The van der Waals surface area contributed by atoms with E-state index >= 15 is 0 Å². The first kappa shape index (κ1) is 13.2. The Hall–Kier alpha value is -1.52. The minimum Gasteiger partial charge on any atom is -0.312 e. The second-order valence-electron chi connectivity index (χ2n) is 5.68. The monoisotopic (exact) mass is 303 g/mol. The van der Waals surface area contributed by atoms with Gasteiger partial charge in [0.25, 0.3) is 0 Å². The van der Waals surface area contributed by atoms with Crippen LogP contribution in [0.15, 0.2) is 18.2 Å². The predicted molar refractivity (Wildman–Crippen MR) is 79.8 cm³/mol. The molecule has 0 atom stereocenters. The molecule has 1 saturated carbocycles. The maximum Gasteiger partial charge on any atom is 0.161 e. The van der Waals surface area contributed by atoms with Gasteiger partial charge in [0.15, 0.2) is 5.82 Å². The van der Waals surface area contributed by atoms with Crippen molar-refractivity contribution >= 4 is 11.6 Å². The summed E-state index contributed by atoms with van der Waals surface area (Å²) < 4.78 is 13.2. The molecule has 0 spiro atoms. The standard InChI is InChI=1S/C16H15ClFN3/c17-13-7-10(18)3-4-11(13)16-20-14-5-6-19-8-12(14)15(21-16)9-1-2-9/h3-4,7,9,19H,1-2,5-6,8H2. The first-order valence-electron chi connectivity index (χ1n) is 7.28. The molecule has 1 aliphatic heterocycles. The maximum atomic E-state index is 13.2. The Balaban J connectivity index is 1.87. The van der Waals surface area contributed by atoms with Crippen LogP contribution in [0, 0.1) is 5.82 Å². The Labute approximate surface area is 127 Å². The van der Waals surface area contributed by atoms with Gasteiger partial charge in [0.1, 0.15) is 5.82 Å². The third kappa shape index (κ3) is 2.43. The molecule has 0 amide bonds. The highest BCUT2D eigenvalue weighted by molar-refractivity contribution is 6.33. The fourth-order valence-electron chi connectivity index (χ4n) is 2.86. The topological polar surface area (TPSA) is 37.8 Å². The van der Waals surface area contributed by atoms with Gasteiger partial charge in [-0.1, -0.05) is 11.6 Å². The molecule has 108 valence electrons. The van der Waals surface area contributed by atoms with Crippen LogP contribution in [0.5, 0.6) is 0 Å². The molecular formula is C16H15ClFN3. The molecule has 0 radical (unpaired) electrons. The van der Waals surface area contributed by atoms with Crippen molar-refractivity contribution in [1.82, 2.24) is 15.3 Å². The van der Waals surface area contributed by atoms with Crippen molar-refractivity contribution in [3.8, 4) is 11.4 Å². The number of rotatable bonds is 2. The third-order valence-electron chi connectivity index (χ3n) is 4.10. The van der Waals surface area contributed by atoms with Gasteiger partial charge in [-0.3, -0.25) is 0 Å².